The molecule has 2 nitrogen and oxygen atoms in total. The third-order valence-corrected chi connectivity index (χ3v) is 3.13. The molecule has 0 amide bonds. The molecule has 0 saturated heterocycles. The molecule has 0 radical (unpaired) electrons. The number of anilines is 3. The summed E-state index contributed by atoms with van der Waals surface area (Å²) in [5.41, 5.74) is 8.24. The summed E-state index contributed by atoms with van der Waals surface area (Å²) in [6, 6.07) is 13.5. The van der Waals surface area contributed by atoms with Gasteiger partial charge in [-0.25, -0.2) is 0 Å². The predicted octanol–water partition coefficient (Wildman–Crippen LogP) is 4.27. The van der Waals surface area contributed by atoms with E-state index in [9.17, 15) is 0 Å². The van der Waals surface area contributed by atoms with Crippen molar-refractivity contribution in [3.63, 3.8) is 0 Å². The highest BCUT2D eigenvalue weighted by Crippen LogP contribution is 2.31. The zero-order chi connectivity index (χ0) is 11.5. The number of nitrogens with one attached hydrogen (secondary N) is 1. The third-order valence-electron chi connectivity index (χ3n) is 2.14. The third kappa shape index (κ3) is 2.59. The van der Waals surface area contributed by atoms with E-state index in [2.05, 4.69) is 27.9 Å². The molecule has 3 N–H and O–H groups in total. The lowest BCUT2D eigenvalue weighted by Crippen LogP contribution is -1.97. The van der Waals surface area contributed by atoms with Gasteiger partial charge in [0, 0.05) is 9.26 Å². The standard InChI is InChI=1S/C12H10ClIN2/c13-10-5-2-6-11(15)12(10)16-9-4-1-3-8(14)7-9/h1-7,16H,15H2. The summed E-state index contributed by atoms with van der Waals surface area (Å²) < 4.78 is 1.16. The first kappa shape index (κ1) is 11.5. The molecular weight excluding hydrogens is 335 g/mol. The first-order valence-corrected chi connectivity index (χ1v) is 6.19. The SMILES string of the molecule is Nc1cccc(Cl)c1Nc1cccc(I)c1. The Morgan fingerprint density at radius 3 is 2.56 bits per heavy atom. The lowest BCUT2D eigenvalue weighted by Gasteiger charge is -2.11. The average molecular weight is 345 g/mol. The van der Waals surface area contributed by atoms with E-state index >= 15 is 0 Å². The summed E-state index contributed by atoms with van der Waals surface area (Å²) in [5, 5.41) is 3.84. The molecule has 2 aromatic carbocycles. The summed E-state index contributed by atoms with van der Waals surface area (Å²) >= 11 is 8.34. The first-order valence-electron chi connectivity index (χ1n) is 4.73. The van der Waals surface area contributed by atoms with E-state index in [1.807, 2.05) is 42.5 Å². The van der Waals surface area contributed by atoms with Crippen molar-refractivity contribution < 1.29 is 0 Å². The van der Waals surface area contributed by atoms with E-state index in [-0.39, 0.29) is 0 Å². The van der Waals surface area contributed by atoms with Gasteiger partial charge in [0.15, 0.2) is 0 Å². The maximum atomic E-state index is 6.07. The van der Waals surface area contributed by atoms with Gasteiger partial charge < -0.3 is 11.1 Å². The summed E-state index contributed by atoms with van der Waals surface area (Å²) in [7, 11) is 0. The van der Waals surface area contributed by atoms with E-state index in [0.29, 0.717) is 10.7 Å². The number of hydrogen-bond acceptors (Lipinski definition) is 2. The number of benzene rings is 2. The van der Waals surface area contributed by atoms with Crippen molar-refractivity contribution in [2.75, 3.05) is 11.1 Å². The van der Waals surface area contributed by atoms with Crippen LogP contribution >= 0.6 is 34.2 Å². The van der Waals surface area contributed by atoms with Gasteiger partial charge in [0.1, 0.15) is 0 Å². The van der Waals surface area contributed by atoms with Crippen LogP contribution in [0.1, 0.15) is 0 Å². The van der Waals surface area contributed by atoms with Crippen molar-refractivity contribution in [1.29, 1.82) is 0 Å². The molecule has 0 aromatic heterocycles. The Labute approximate surface area is 113 Å². The molecule has 0 fully saturated rings. The lowest BCUT2D eigenvalue weighted by molar-refractivity contribution is 1.53. The molecule has 16 heavy (non-hydrogen) atoms. The Morgan fingerprint density at radius 1 is 1.12 bits per heavy atom. The first-order chi connectivity index (χ1) is 7.66. The predicted molar refractivity (Wildman–Crippen MR) is 78.3 cm³/mol. The molecule has 82 valence electrons. The minimum absolute atomic E-state index is 0.624. The number of para-hydroxylation sites is 1. The normalized spacial score (nSPS) is 10.1. The minimum atomic E-state index is 0.624. The molecule has 2 aromatic rings. The van der Waals surface area contributed by atoms with Crippen molar-refractivity contribution >= 4 is 51.3 Å². The zero-order valence-corrected chi connectivity index (χ0v) is 11.3. The molecule has 0 bridgehead atoms. The summed E-state index contributed by atoms with van der Waals surface area (Å²) in [5.74, 6) is 0. The lowest BCUT2D eigenvalue weighted by atomic mass is 10.2. The Kier molecular flexibility index (Phi) is 3.56. The molecular formula is C12H10ClIN2. The molecule has 4 heteroatoms. The topological polar surface area (TPSA) is 38.0 Å². The van der Waals surface area contributed by atoms with Crippen molar-refractivity contribution in [3.8, 4) is 0 Å². The van der Waals surface area contributed by atoms with E-state index in [0.717, 1.165) is 14.9 Å². The van der Waals surface area contributed by atoms with Crippen molar-refractivity contribution in [2.45, 2.75) is 0 Å². The van der Waals surface area contributed by atoms with Crippen LogP contribution in [-0.4, -0.2) is 0 Å². The maximum Gasteiger partial charge on any atom is 0.0807 e. The summed E-state index contributed by atoms with van der Waals surface area (Å²) in [4.78, 5) is 0. The van der Waals surface area contributed by atoms with Crippen LogP contribution in [-0.2, 0) is 0 Å². The molecule has 0 spiro atoms. The van der Waals surface area contributed by atoms with Crippen LogP contribution in [0, 0.1) is 3.57 Å². The molecule has 0 unspecified atom stereocenters. The van der Waals surface area contributed by atoms with Gasteiger partial charge in [0.2, 0.25) is 0 Å². The van der Waals surface area contributed by atoms with Gasteiger partial charge in [-0.05, 0) is 52.9 Å². The highest BCUT2D eigenvalue weighted by Gasteiger charge is 2.04. The Balaban J connectivity index is 2.34. The molecule has 0 saturated carbocycles. The number of nitrogen functional groups attached to an aromatic ring is 1. The van der Waals surface area contributed by atoms with Crippen molar-refractivity contribution in [3.05, 3.63) is 51.1 Å². The van der Waals surface area contributed by atoms with Crippen LogP contribution in [0.2, 0.25) is 5.02 Å². The second-order valence-electron chi connectivity index (χ2n) is 3.34. The fourth-order valence-electron chi connectivity index (χ4n) is 1.38. The molecule has 0 aliphatic carbocycles. The van der Waals surface area contributed by atoms with Crippen LogP contribution < -0.4 is 11.1 Å². The van der Waals surface area contributed by atoms with Gasteiger partial charge in [0.05, 0.1) is 16.4 Å². The van der Waals surface area contributed by atoms with Crippen LogP contribution in [0.15, 0.2) is 42.5 Å². The van der Waals surface area contributed by atoms with Crippen LogP contribution in [0.4, 0.5) is 17.1 Å². The average Bonchev–Trinajstić information content (AvgIpc) is 2.24. The second kappa shape index (κ2) is 4.93. The fraction of sp³-hybridized carbons (Fsp3) is 0. The number of rotatable bonds is 2. The Bertz CT molecular complexity index is 494. The smallest absolute Gasteiger partial charge is 0.0807 e. The monoisotopic (exact) mass is 344 g/mol. The van der Waals surface area contributed by atoms with E-state index < -0.39 is 0 Å². The highest BCUT2D eigenvalue weighted by atomic mass is 127. The minimum Gasteiger partial charge on any atom is -0.397 e. The maximum absolute atomic E-state index is 6.07. The second-order valence-corrected chi connectivity index (χ2v) is 4.99. The van der Waals surface area contributed by atoms with Crippen LogP contribution in [0.5, 0.6) is 0 Å². The number of hydrogen-bond donors (Lipinski definition) is 2. The van der Waals surface area contributed by atoms with E-state index in [1.165, 1.54) is 0 Å². The quantitative estimate of drug-likeness (QED) is 0.631. The van der Waals surface area contributed by atoms with Gasteiger partial charge in [0.25, 0.3) is 0 Å². The van der Waals surface area contributed by atoms with E-state index in [4.69, 9.17) is 17.3 Å². The van der Waals surface area contributed by atoms with Gasteiger partial charge in [-0.2, -0.15) is 0 Å². The number of halogens is 2. The molecule has 2 rings (SSSR count). The fourth-order valence-corrected chi connectivity index (χ4v) is 2.16. The molecule has 0 atom stereocenters. The highest BCUT2D eigenvalue weighted by molar-refractivity contribution is 14.1. The summed E-state index contributed by atoms with van der Waals surface area (Å²) in [6.07, 6.45) is 0. The largest absolute Gasteiger partial charge is 0.397 e. The van der Waals surface area contributed by atoms with E-state index in [1.54, 1.807) is 0 Å². The van der Waals surface area contributed by atoms with Crippen LogP contribution in [0.25, 0.3) is 0 Å². The van der Waals surface area contributed by atoms with Crippen molar-refractivity contribution in [1.82, 2.24) is 0 Å². The van der Waals surface area contributed by atoms with Gasteiger partial charge in [-0.15, -0.1) is 0 Å². The summed E-state index contributed by atoms with van der Waals surface area (Å²) in [6.45, 7) is 0. The van der Waals surface area contributed by atoms with Crippen molar-refractivity contribution in [2.24, 2.45) is 0 Å². The Hall–Kier alpha value is -0.940. The van der Waals surface area contributed by atoms with Gasteiger partial charge >= 0.3 is 0 Å². The van der Waals surface area contributed by atoms with Gasteiger partial charge in [-0.1, -0.05) is 23.7 Å². The molecule has 0 aliphatic heterocycles. The van der Waals surface area contributed by atoms with Gasteiger partial charge in [-0.3, -0.25) is 0 Å². The molecule has 0 aliphatic rings. The zero-order valence-electron chi connectivity index (χ0n) is 8.37. The Morgan fingerprint density at radius 2 is 1.88 bits per heavy atom. The van der Waals surface area contributed by atoms with Crippen LogP contribution in [0.3, 0.4) is 0 Å². The molecule has 0 heterocycles. The number of nitrogens with two attached hydrogens (primary N) is 1.